The van der Waals surface area contributed by atoms with Gasteiger partial charge in [0.2, 0.25) is 5.91 Å². The number of methoxy groups -OCH3 is 1. The summed E-state index contributed by atoms with van der Waals surface area (Å²) in [5.41, 5.74) is 1.14. The van der Waals surface area contributed by atoms with E-state index in [9.17, 15) is 13.2 Å². The number of hydrogen-bond donors (Lipinski definition) is 3. The number of amides is 1. The van der Waals surface area contributed by atoms with Crippen molar-refractivity contribution < 1.29 is 17.9 Å². The van der Waals surface area contributed by atoms with Gasteiger partial charge >= 0.3 is 0 Å². The molecule has 0 aromatic heterocycles. The molecule has 3 N–H and O–H groups in total. The summed E-state index contributed by atoms with van der Waals surface area (Å²) >= 11 is 0. The Bertz CT molecular complexity index is 693. The van der Waals surface area contributed by atoms with Crippen LogP contribution in [0.25, 0.3) is 0 Å². The first-order valence-corrected chi connectivity index (χ1v) is 9.80. The Morgan fingerprint density at radius 2 is 2.04 bits per heavy atom. The number of nitrogens with one attached hydrogen (secondary N) is 3. The Hall–Kier alpha value is -1.35. The molecule has 0 saturated carbocycles. The predicted molar refractivity (Wildman–Crippen MR) is 101 cm³/mol. The molecule has 0 bridgehead atoms. The van der Waals surface area contributed by atoms with Gasteiger partial charge in [-0.1, -0.05) is 6.92 Å². The number of rotatable bonds is 8. The Labute approximate surface area is 155 Å². The molecule has 0 aliphatic carbocycles. The van der Waals surface area contributed by atoms with Crippen LogP contribution in [0.5, 0.6) is 0 Å². The molecule has 2 rings (SSSR count). The third kappa shape index (κ3) is 5.85. The van der Waals surface area contributed by atoms with Gasteiger partial charge in [-0.05, 0) is 37.2 Å². The minimum atomic E-state index is -3.35. The lowest BCUT2D eigenvalue weighted by atomic mass is 9.88. The molecule has 1 unspecified atom stereocenters. The summed E-state index contributed by atoms with van der Waals surface area (Å²) in [5, 5.41) is 9.16. The van der Waals surface area contributed by atoms with Crippen molar-refractivity contribution >= 4 is 39.5 Å². The Morgan fingerprint density at radius 3 is 2.56 bits per heavy atom. The summed E-state index contributed by atoms with van der Waals surface area (Å²) in [7, 11) is -1.74. The summed E-state index contributed by atoms with van der Waals surface area (Å²) in [6, 6.07) is 4.69. The fraction of sp³-hybridized carbons (Fsp3) is 0.562. The molecule has 1 aromatic carbocycles. The molecular weight excluding hydrogens is 366 g/mol. The average molecular weight is 392 g/mol. The number of benzene rings is 1. The van der Waals surface area contributed by atoms with E-state index in [2.05, 4.69) is 16.0 Å². The maximum atomic E-state index is 12.4. The van der Waals surface area contributed by atoms with Crippen LogP contribution in [0.2, 0.25) is 0 Å². The minimum Gasteiger partial charge on any atom is -0.383 e. The van der Waals surface area contributed by atoms with Crippen molar-refractivity contribution in [1.82, 2.24) is 5.32 Å². The van der Waals surface area contributed by atoms with E-state index in [0.29, 0.717) is 30.4 Å². The minimum absolute atomic E-state index is 0. The largest absolute Gasteiger partial charge is 0.383 e. The van der Waals surface area contributed by atoms with E-state index in [1.54, 1.807) is 13.2 Å². The highest BCUT2D eigenvalue weighted by Gasteiger charge is 2.29. The zero-order chi connectivity index (χ0) is 17.7. The van der Waals surface area contributed by atoms with E-state index in [0.717, 1.165) is 19.3 Å². The van der Waals surface area contributed by atoms with Crippen LogP contribution in [0.4, 0.5) is 11.4 Å². The summed E-state index contributed by atoms with van der Waals surface area (Å²) in [5.74, 6) is 0.0647. The van der Waals surface area contributed by atoms with Gasteiger partial charge < -0.3 is 20.7 Å². The SMILES string of the molecule is COCCNc1ccc(S(C)(=O)=O)cc1NC(=O)C(C)C1CNC1.Cl. The summed E-state index contributed by atoms with van der Waals surface area (Å²) in [6.45, 7) is 4.61. The highest BCUT2D eigenvalue weighted by Crippen LogP contribution is 2.27. The molecule has 0 spiro atoms. The lowest BCUT2D eigenvalue weighted by molar-refractivity contribution is -0.121. The van der Waals surface area contributed by atoms with Gasteiger partial charge in [0.1, 0.15) is 0 Å². The Balaban J connectivity index is 0.00000312. The van der Waals surface area contributed by atoms with Crippen LogP contribution < -0.4 is 16.0 Å². The van der Waals surface area contributed by atoms with Crippen molar-refractivity contribution in [3.05, 3.63) is 18.2 Å². The van der Waals surface area contributed by atoms with Gasteiger partial charge in [-0.2, -0.15) is 0 Å². The first-order chi connectivity index (χ1) is 11.3. The van der Waals surface area contributed by atoms with Crippen LogP contribution in [-0.4, -0.2) is 53.9 Å². The maximum absolute atomic E-state index is 12.4. The molecule has 1 fully saturated rings. The van der Waals surface area contributed by atoms with Gasteiger partial charge in [0.05, 0.1) is 22.9 Å². The standard InChI is InChI=1S/C16H25N3O4S.ClH/c1-11(12-9-17-10-12)16(20)19-15-8-13(24(3,21)22)4-5-14(15)18-6-7-23-2;/h4-5,8,11-12,17-18H,6-7,9-10H2,1-3H3,(H,19,20);1H. The number of halogens is 1. The molecule has 1 aliphatic heterocycles. The zero-order valence-electron chi connectivity index (χ0n) is 14.7. The average Bonchev–Trinajstić information content (AvgIpc) is 2.46. The van der Waals surface area contributed by atoms with E-state index < -0.39 is 9.84 Å². The molecule has 0 radical (unpaired) electrons. The highest BCUT2D eigenvalue weighted by molar-refractivity contribution is 7.90. The summed E-state index contributed by atoms with van der Waals surface area (Å²) in [4.78, 5) is 12.6. The first-order valence-electron chi connectivity index (χ1n) is 7.91. The number of carbonyl (C=O) groups is 1. The van der Waals surface area contributed by atoms with Crippen molar-refractivity contribution in [2.75, 3.05) is 50.2 Å². The molecule has 142 valence electrons. The quantitative estimate of drug-likeness (QED) is 0.579. The van der Waals surface area contributed by atoms with Crippen LogP contribution in [0.15, 0.2) is 23.1 Å². The van der Waals surface area contributed by atoms with Crippen LogP contribution in [0, 0.1) is 11.8 Å². The zero-order valence-corrected chi connectivity index (χ0v) is 16.3. The number of ether oxygens (including phenoxy) is 1. The van der Waals surface area contributed by atoms with Crippen molar-refractivity contribution in [2.45, 2.75) is 11.8 Å². The van der Waals surface area contributed by atoms with E-state index in [-0.39, 0.29) is 29.1 Å². The van der Waals surface area contributed by atoms with E-state index in [1.807, 2.05) is 6.92 Å². The van der Waals surface area contributed by atoms with Gasteiger partial charge in [-0.25, -0.2) is 8.42 Å². The molecule has 1 aromatic rings. The fourth-order valence-electron chi connectivity index (χ4n) is 2.42. The van der Waals surface area contributed by atoms with Crippen molar-refractivity contribution in [2.24, 2.45) is 11.8 Å². The molecule has 1 aliphatic rings. The number of anilines is 2. The fourth-order valence-corrected chi connectivity index (χ4v) is 3.07. The maximum Gasteiger partial charge on any atom is 0.227 e. The Morgan fingerprint density at radius 1 is 1.36 bits per heavy atom. The topological polar surface area (TPSA) is 96.5 Å². The van der Waals surface area contributed by atoms with Crippen LogP contribution >= 0.6 is 12.4 Å². The second-order valence-electron chi connectivity index (χ2n) is 6.10. The summed E-state index contributed by atoms with van der Waals surface area (Å²) in [6.07, 6.45) is 1.15. The van der Waals surface area contributed by atoms with Gasteiger partial charge in [-0.3, -0.25) is 4.79 Å². The van der Waals surface area contributed by atoms with Gasteiger partial charge in [0, 0.05) is 25.8 Å². The van der Waals surface area contributed by atoms with E-state index >= 15 is 0 Å². The molecule has 1 saturated heterocycles. The predicted octanol–water partition coefficient (Wildman–Crippen LogP) is 1.36. The first kappa shape index (κ1) is 21.7. The Kier molecular flexibility index (Phi) is 8.14. The van der Waals surface area contributed by atoms with Crippen LogP contribution in [0.3, 0.4) is 0 Å². The van der Waals surface area contributed by atoms with Crippen LogP contribution in [-0.2, 0) is 19.4 Å². The van der Waals surface area contributed by atoms with Gasteiger partial charge in [-0.15, -0.1) is 12.4 Å². The molecule has 1 amide bonds. The van der Waals surface area contributed by atoms with E-state index in [4.69, 9.17) is 4.74 Å². The van der Waals surface area contributed by atoms with E-state index in [1.165, 1.54) is 12.1 Å². The number of carbonyl (C=O) groups excluding carboxylic acids is 1. The third-order valence-corrected chi connectivity index (χ3v) is 5.34. The van der Waals surface area contributed by atoms with Crippen LogP contribution in [0.1, 0.15) is 6.92 Å². The normalized spacial score (nSPS) is 15.6. The van der Waals surface area contributed by atoms with Gasteiger partial charge in [0.25, 0.3) is 0 Å². The van der Waals surface area contributed by atoms with Gasteiger partial charge in [0.15, 0.2) is 9.84 Å². The van der Waals surface area contributed by atoms with Crippen molar-refractivity contribution in [1.29, 1.82) is 0 Å². The van der Waals surface area contributed by atoms with Crippen molar-refractivity contribution in [3.63, 3.8) is 0 Å². The molecule has 25 heavy (non-hydrogen) atoms. The lowest BCUT2D eigenvalue weighted by Gasteiger charge is -2.31. The van der Waals surface area contributed by atoms with Crippen molar-refractivity contribution in [3.8, 4) is 0 Å². The monoisotopic (exact) mass is 391 g/mol. The molecule has 1 atom stereocenters. The molecule has 7 nitrogen and oxygen atoms in total. The second kappa shape index (κ2) is 9.38. The number of hydrogen-bond acceptors (Lipinski definition) is 6. The lowest BCUT2D eigenvalue weighted by Crippen LogP contribution is -2.48. The molecular formula is C16H26ClN3O4S. The number of sulfone groups is 1. The smallest absolute Gasteiger partial charge is 0.227 e. The molecule has 1 heterocycles. The second-order valence-corrected chi connectivity index (χ2v) is 8.11. The molecule has 9 heteroatoms. The summed E-state index contributed by atoms with van der Waals surface area (Å²) < 4.78 is 28.6. The third-order valence-electron chi connectivity index (χ3n) is 4.23. The highest BCUT2D eigenvalue weighted by atomic mass is 35.5.